The lowest BCUT2D eigenvalue weighted by molar-refractivity contribution is -0.136. The van der Waals surface area contributed by atoms with Gasteiger partial charge in [-0.25, -0.2) is 9.18 Å². The van der Waals surface area contributed by atoms with Crippen LogP contribution in [0, 0.1) is 5.82 Å². The molecule has 1 atom stereocenters. The minimum absolute atomic E-state index is 0.00171. The molecule has 1 aliphatic rings. The summed E-state index contributed by atoms with van der Waals surface area (Å²) in [5.41, 5.74) is 0.768. The number of halogens is 1. The Hall–Kier alpha value is -2.15. The van der Waals surface area contributed by atoms with Crippen LogP contribution in [-0.4, -0.2) is 84.9 Å². The molecular formula is C18H27FN4O2. The second-order valence-electron chi connectivity index (χ2n) is 6.70. The van der Waals surface area contributed by atoms with Crippen molar-refractivity contribution in [3.63, 3.8) is 0 Å². The molecule has 0 radical (unpaired) electrons. The molecule has 1 fully saturated rings. The number of hydrogen-bond acceptors (Lipinski definition) is 3. The van der Waals surface area contributed by atoms with Gasteiger partial charge in [0.15, 0.2) is 0 Å². The molecule has 1 aliphatic heterocycles. The summed E-state index contributed by atoms with van der Waals surface area (Å²) in [5.74, 6) is -0.301. The first-order valence-corrected chi connectivity index (χ1v) is 8.49. The number of carbonyl (C=O) groups is 2. The Kier molecular flexibility index (Phi) is 6.36. The van der Waals surface area contributed by atoms with Crippen LogP contribution in [0.5, 0.6) is 0 Å². The Balaban J connectivity index is 1.88. The van der Waals surface area contributed by atoms with Crippen molar-refractivity contribution < 1.29 is 14.0 Å². The predicted molar refractivity (Wildman–Crippen MR) is 94.6 cm³/mol. The van der Waals surface area contributed by atoms with Gasteiger partial charge in [0, 0.05) is 53.9 Å². The van der Waals surface area contributed by atoms with E-state index < -0.39 is 0 Å². The van der Waals surface area contributed by atoms with E-state index in [4.69, 9.17) is 0 Å². The standard InChI is InChI=1S/C18H27FN4O2/c1-14(22-8-10-23(11-9-22)18(25)20(2)3)17(24)21(4)13-15-6-5-7-16(19)12-15/h5-7,12,14H,8-11,13H2,1-4H3. The summed E-state index contributed by atoms with van der Waals surface area (Å²) in [5, 5.41) is 0. The summed E-state index contributed by atoms with van der Waals surface area (Å²) in [7, 11) is 5.21. The van der Waals surface area contributed by atoms with Gasteiger partial charge in [-0.2, -0.15) is 0 Å². The zero-order valence-corrected chi connectivity index (χ0v) is 15.4. The Morgan fingerprint density at radius 3 is 2.36 bits per heavy atom. The number of benzene rings is 1. The molecule has 0 spiro atoms. The highest BCUT2D eigenvalue weighted by atomic mass is 19.1. The zero-order chi connectivity index (χ0) is 18.6. The van der Waals surface area contributed by atoms with Crippen molar-refractivity contribution >= 4 is 11.9 Å². The van der Waals surface area contributed by atoms with Gasteiger partial charge in [-0.1, -0.05) is 12.1 Å². The third-order valence-corrected chi connectivity index (χ3v) is 4.56. The van der Waals surface area contributed by atoms with Gasteiger partial charge in [0.05, 0.1) is 6.04 Å². The number of urea groups is 1. The number of hydrogen-bond donors (Lipinski definition) is 0. The first kappa shape index (κ1) is 19.2. The molecule has 1 heterocycles. The van der Waals surface area contributed by atoms with E-state index in [1.807, 2.05) is 13.0 Å². The molecule has 0 aromatic heterocycles. The highest BCUT2D eigenvalue weighted by Gasteiger charge is 2.29. The molecule has 0 N–H and O–H groups in total. The van der Waals surface area contributed by atoms with Crippen LogP contribution >= 0.6 is 0 Å². The summed E-state index contributed by atoms with van der Waals surface area (Å²) in [6.07, 6.45) is 0. The molecule has 1 aromatic carbocycles. The van der Waals surface area contributed by atoms with Crippen LogP contribution in [0.4, 0.5) is 9.18 Å². The Morgan fingerprint density at radius 2 is 1.80 bits per heavy atom. The molecule has 3 amide bonds. The minimum atomic E-state index is -0.298. The monoisotopic (exact) mass is 350 g/mol. The number of piperazine rings is 1. The van der Waals surface area contributed by atoms with Crippen molar-refractivity contribution in [2.75, 3.05) is 47.3 Å². The maximum atomic E-state index is 13.3. The number of likely N-dealkylation sites (N-methyl/N-ethyl adjacent to an activating group) is 1. The van der Waals surface area contributed by atoms with E-state index in [2.05, 4.69) is 4.90 Å². The topological polar surface area (TPSA) is 47.1 Å². The molecule has 1 aromatic rings. The van der Waals surface area contributed by atoms with Crippen LogP contribution in [0.25, 0.3) is 0 Å². The number of rotatable bonds is 4. The third kappa shape index (κ3) is 4.92. The van der Waals surface area contributed by atoms with Gasteiger partial charge >= 0.3 is 6.03 Å². The first-order chi connectivity index (χ1) is 11.8. The van der Waals surface area contributed by atoms with E-state index in [1.54, 1.807) is 41.9 Å². The largest absolute Gasteiger partial charge is 0.340 e. The lowest BCUT2D eigenvalue weighted by Crippen LogP contribution is -2.56. The fourth-order valence-electron chi connectivity index (χ4n) is 3.05. The molecule has 0 saturated carbocycles. The van der Waals surface area contributed by atoms with Gasteiger partial charge in [0.2, 0.25) is 5.91 Å². The SMILES string of the molecule is CC(C(=O)N(C)Cc1cccc(F)c1)N1CCN(C(=O)N(C)C)CC1. The third-order valence-electron chi connectivity index (χ3n) is 4.56. The van der Waals surface area contributed by atoms with E-state index in [0.29, 0.717) is 32.7 Å². The lowest BCUT2D eigenvalue weighted by Gasteiger charge is -2.39. The molecule has 25 heavy (non-hydrogen) atoms. The molecule has 1 unspecified atom stereocenters. The quantitative estimate of drug-likeness (QED) is 0.826. The second-order valence-corrected chi connectivity index (χ2v) is 6.70. The molecule has 138 valence electrons. The molecular weight excluding hydrogens is 323 g/mol. The summed E-state index contributed by atoms with van der Waals surface area (Å²) in [6, 6.07) is 6.02. The van der Waals surface area contributed by atoms with Crippen molar-refractivity contribution in [3.8, 4) is 0 Å². The Morgan fingerprint density at radius 1 is 1.16 bits per heavy atom. The molecule has 2 rings (SSSR count). The smallest absolute Gasteiger partial charge is 0.319 e. The molecule has 6 nitrogen and oxygen atoms in total. The van der Waals surface area contributed by atoms with Gasteiger partial charge in [-0.15, -0.1) is 0 Å². The molecule has 7 heteroatoms. The van der Waals surface area contributed by atoms with Crippen LogP contribution in [0.2, 0.25) is 0 Å². The van der Waals surface area contributed by atoms with Gasteiger partial charge < -0.3 is 14.7 Å². The average Bonchev–Trinajstić information content (AvgIpc) is 2.59. The van der Waals surface area contributed by atoms with Crippen molar-refractivity contribution in [1.29, 1.82) is 0 Å². The van der Waals surface area contributed by atoms with Crippen LogP contribution in [0.15, 0.2) is 24.3 Å². The molecule has 0 bridgehead atoms. The van der Waals surface area contributed by atoms with E-state index in [9.17, 15) is 14.0 Å². The van der Waals surface area contributed by atoms with Gasteiger partial charge in [0.25, 0.3) is 0 Å². The Labute approximate surface area is 148 Å². The normalized spacial score (nSPS) is 16.4. The lowest BCUT2D eigenvalue weighted by atomic mass is 10.1. The van der Waals surface area contributed by atoms with Gasteiger partial charge in [0.1, 0.15) is 5.82 Å². The van der Waals surface area contributed by atoms with Crippen molar-refractivity contribution in [2.45, 2.75) is 19.5 Å². The van der Waals surface area contributed by atoms with Gasteiger partial charge in [-0.05, 0) is 24.6 Å². The molecule has 1 saturated heterocycles. The maximum Gasteiger partial charge on any atom is 0.319 e. The fraction of sp³-hybridized carbons (Fsp3) is 0.556. The summed E-state index contributed by atoms with van der Waals surface area (Å²) < 4.78 is 13.3. The van der Waals surface area contributed by atoms with E-state index >= 15 is 0 Å². The Bertz CT molecular complexity index is 615. The summed E-state index contributed by atoms with van der Waals surface area (Å²) >= 11 is 0. The summed E-state index contributed by atoms with van der Waals surface area (Å²) in [4.78, 5) is 31.7. The van der Waals surface area contributed by atoms with Gasteiger partial charge in [-0.3, -0.25) is 9.69 Å². The minimum Gasteiger partial charge on any atom is -0.340 e. The zero-order valence-electron chi connectivity index (χ0n) is 15.4. The van der Waals surface area contributed by atoms with E-state index in [0.717, 1.165) is 5.56 Å². The number of carbonyl (C=O) groups excluding carboxylic acids is 2. The molecule has 0 aliphatic carbocycles. The van der Waals surface area contributed by atoms with Crippen molar-refractivity contribution in [1.82, 2.24) is 19.6 Å². The van der Waals surface area contributed by atoms with Crippen molar-refractivity contribution in [2.24, 2.45) is 0 Å². The number of amides is 3. The summed E-state index contributed by atoms with van der Waals surface area (Å²) in [6.45, 7) is 4.82. The highest BCUT2D eigenvalue weighted by Crippen LogP contribution is 2.12. The number of nitrogens with zero attached hydrogens (tertiary/aromatic N) is 4. The van der Waals surface area contributed by atoms with E-state index in [1.165, 1.54) is 12.1 Å². The fourth-order valence-corrected chi connectivity index (χ4v) is 3.05. The van der Waals surface area contributed by atoms with Crippen LogP contribution in [0.3, 0.4) is 0 Å². The second kappa shape index (κ2) is 8.29. The highest BCUT2D eigenvalue weighted by molar-refractivity contribution is 5.81. The van der Waals surface area contributed by atoms with Crippen LogP contribution in [-0.2, 0) is 11.3 Å². The van der Waals surface area contributed by atoms with E-state index in [-0.39, 0.29) is 23.8 Å². The van der Waals surface area contributed by atoms with Crippen LogP contribution < -0.4 is 0 Å². The van der Waals surface area contributed by atoms with Crippen LogP contribution in [0.1, 0.15) is 12.5 Å². The first-order valence-electron chi connectivity index (χ1n) is 8.49. The average molecular weight is 350 g/mol. The maximum absolute atomic E-state index is 13.3. The predicted octanol–water partition coefficient (Wildman–Crippen LogP) is 1.47. The van der Waals surface area contributed by atoms with Crippen molar-refractivity contribution in [3.05, 3.63) is 35.6 Å².